The van der Waals surface area contributed by atoms with Crippen LogP contribution >= 0.6 is 24.8 Å². The Morgan fingerprint density at radius 2 is 1.79 bits per heavy atom. The number of nitrogens with two attached hydrogens (primary N) is 2. The number of halogens is 2. The van der Waals surface area contributed by atoms with E-state index in [-0.39, 0.29) is 55.1 Å². The number of aromatic nitrogens is 3. The highest BCUT2D eigenvalue weighted by Crippen LogP contribution is 2.44. The predicted molar refractivity (Wildman–Crippen MR) is 167 cm³/mol. The summed E-state index contributed by atoms with van der Waals surface area (Å²) in [6.07, 6.45) is 9.79. The van der Waals surface area contributed by atoms with Crippen molar-refractivity contribution in [3.05, 3.63) is 54.1 Å². The highest BCUT2D eigenvalue weighted by atomic mass is 35.5. The molecule has 2 aliphatic rings. The molecule has 1 unspecified atom stereocenters. The Morgan fingerprint density at radius 3 is 2.40 bits per heavy atom. The summed E-state index contributed by atoms with van der Waals surface area (Å²) in [5.41, 5.74) is 14.5. The van der Waals surface area contributed by atoms with Crippen molar-refractivity contribution in [1.82, 2.24) is 19.9 Å². The number of nitrogens with one attached hydrogen (secondary N) is 2. The van der Waals surface area contributed by atoms with E-state index in [4.69, 9.17) is 26.6 Å². The van der Waals surface area contributed by atoms with E-state index in [2.05, 4.69) is 15.2 Å². The number of anilines is 1. The molecule has 228 valence electrons. The lowest BCUT2D eigenvalue weighted by atomic mass is 9.72. The normalized spacial score (nSPS) is 17.4. The molecule has 3 aromatic rings. The molecule has 1 aliphatic carbocycles. The van der Waals surface area contributed by atoms with Gasteiger partial charge in [-0.25, -0.2) is 4.98 Å². The molecule has 42 heavy (non-hydrogen) atoms. The minimum absolute atomic E-state index is 0. The number of nitrogens with zero attached hydrogens (tertiary/aromatic N) is 4. The van der Waals surface area contributed by atoms with Gasteiger partial charge in [0.2, 0.25) is 5.91 Å². The molecule has 1 saturated carbocycles. The van der Waals surface area contributed by atoms with E-state index in [0.717, 1.165) is 31.4 Å². The molecule has 3 heterocycles. The van der Waals surface area contributed by atoms with E-state index in [1.165, 1.54) is 13.5 Å². The van der Waals surface area contributed by atoms with Crippen LogP contribution in [0.5, 0.6) is 0 Å². The lowest BCUT2D eigenvalue weighted by molar-refractivity contribution is -0.156. The van der Waals surface area contributed by atoms with Gasteiger partial charge in [-0.15, -0.1) is 24.8 Å². The number of rotatable bonds is 8. The third-order valence-corrected chi connectivity index (χ3v) is 8.51. The van der Waals surface area contributed by atoms with Gasteiger partial charge in [0.1, 0.15) is 18.2 Å². The first-order valence-electron chi connectivity index (χ1n) is 14.0. The summed E-state index contributed by atoms with van der Waals surface area (Å²) in [4.78, 5) is 37.8. The molecule has 1 aromatic carbocycles. The largest absolute Gasteiger partial charge is 0.469 e. The van der Waals surface area contributed by atoms with Crippen molar-refractivity contribution in [2.45, 2.75) is 63.6 Å². The molecule has 0 bridgehead atoms. The standard InChI is InChI=1S/C29H38N8O3.2ClH/c1-40-28(39)29(11-15-36(16-12-29)21-9-13-33-14-10-21)25(30)27-35-22-17-19(26(31)32)7-8-23(22)37(27)18-24(38)34-20-5-3-2-4-6-20;;/h7-10,13-14,17,20,25H,2-6,11-12,15-16,18,30H2,1H3,(H3,31,32)(H,34,38);2*1H. The Bertz CT molecular complexity index is 1390. The van der Waals surface area contributed by atoms with E-state index < -0.39 is 11.5 Å². The van der Waals surface area contributed by atoms with Crippen molar-refractivity contribution in [3.63, 3.8) is 0 Å². The first-order valence-corrected chi connectivity index (χ1v) is 14.0. The van der Waals surface area contributed by atoms with E-state index in [1.54, 1.807) is 30.6 Å². The fourth-order valence-corrected chi connectivity index (χ4v) is 6.19. The maximum absolute atomic E-state index is 13.4. The molecule has 1 aliphatic heterocycles. The molecule has 11 nitrogen and oxygen atoms in total. The van der Waals surface area contributed by atoms with Crippen LogP contribution in [0.15, 0.2) is 42.7 Å². The summed E-state index contributed by atoms with van der Waals surface area (Å²) in [6, 6.07) is 8.50. The van der Waals surface area contributed by atoms with Gasteiger partial charge in [-0.1, -0.05) is 19.3 Å². The number of hydrogen-bond acceptors (Lipinski definition) is 8. The van der Waals surface area contributed by atoms with Crippen LogP contribution in [-0.4, -0.2) is 58.5 Å². The van der Waals surface area contributed by atoms with Gasteiger partial charge in [0.25, 0.3) is 0 Å². The molecule has 0 radical (unpaired) electrons. The number of esters is 1. The van der Waals surface area contributed by atoms with Gasteiger partial charge < -0.3 is 31.0 Å². The van der Waals surface area contributed by atoms with Gasteiger partial charge in [-0.2, -0.15) is 0 Å². The molecule has 6 N–H and O–H groups in total. The maximum Gasteiger partial charge on any atom is 0.313 e. The highest BCUT2D eigenvalue weighted by Gasteiger charge is 2.49. The number of ether oxygens (including phenoxy) is 1. The smallest absolute Gasteiger partial charge is 0.313 e. The number of amides is 1. The Labute approximate surface area is 258 Å². The quantitative estimate of drug-likeness (QED) is 0.169. The Hall–Kier alpha value is -3.41. The van der Waals surface area contributed by atoms with Gasteiger partial charge in [-0.05, 0) is 56.0 Å². The number of benzene rings is 1. The van der Waals surface area contributed by atoms with Crippen molar-refractivity contribution < 1.29 is 14.3 Å². The Morgan fingerprint density at radius 1 is 1.12 bits per heavy atom. The lowest BCUT2D eigenvalue weighted by Crippen LogP contribution is -2.51. The average molecular weight is 620 g/mol. The molecule has 5 rings (SSSR count). The Balaban J connectivity index is 0.00000242. The average Bonchev–Trinajstić information content (AvgIpc) is 3.34. The summed E-state index contributed by atoms with van der Waals surface area (Å²) in [5.74, 6) is -0.136. The summed E-state index contributed by atoms with van der Waals surface area (Å²) in [7, 11) is 1.38. The monoisotopic (exact) mass is 618 g/mol. The zero-order chi connectivity index (χ0) is 28.3. The molecule has 13 heteroatoms. The van der Waals surface area contributed by atoms with Crippen LogP contribution in [0.3, 0.4) is 0 Å². The fraction of sp³-hybridized carbons (Fsp3) is 0.483. The van der Waals surface area contributed by atoms with Crippen LogP contribution in [0, 0.1) is 10.8 Å². The SMILES string of the molecule is COC(=O)C1(C(N)c2nc3cc(C(=N)N)ccc3n2CC(=O)NC2CCCCC2)CCN(c2ccncc2)CC1.Cl.Cl. The minimum atomic E-state index is -1.03. The molecule has 0 spiro atoms. The summed E-state index contributed by atoms with van der Waals surface area (Å²) < 4.78 is 7.12. The van der Waals surface area contributed by atoms with Gasteiger partial charge >= 0.3 is 5.97 Å². The first kappa shape index (κ1) is 33.1. The number of carbonyl (C=O) groups excluding carboxylic acids is 2. The summed E-state index contributed by atoms with van der Waals surface area (Å²) in [5, 5.41) is 11.0. The number of pyridine rings is 1. The summed E-state index contributed by atoms with van der Waals surface area (Å²) in [6.45, 7) is 1.23. The molecular weight excluding hydrogens is 579 g/mol. The van der Waals surface area contributed by atoms with Crippen LogP contribution in [0.25, 0.3) is 11.0 Å². The molecule has 2 aromatic heterocycles. The van der Waals surface area contributed by atoms with E-state index in [0.29, 0.717) is 48.4 Å². The summed E-state index contributed by atoms with van der Waals surface area (Å²) >= 11 is 0. The molecule has 2 fully saturated rings. The number of fused-ring (bicyclic) bond motifs is 1. The topological polar surface area (TPSA) is 165 Å². The fourth-order valence-electron chi connectivity index (χ4n) is 6.19. The van der Waals surface area contributed by atoms with Gasteiger partial charge in [0.05, 0.1) is 29.6 Å². The van der Waals surface area contributed by atoms with Crippen molar-refractivity contribution in [1.29, 1.82) is 5.41 Å². The highest BCUT2D eigenvalue weighted by molar-refractivity contribution is 5.98. The maximum atomic E-state index is 13.4. The lowest BCUT2D eigenvalue weighted by Gasteiger charge is -2.43. The zero-order valence-electron chi connectivity index (χ0n) is 23.8. The van der Waals surface area contributed by atoms with Crippen LogP contribution in [0.1, 0.15) is 62.4 Å². The van der Waals surface area contributed by atoms with E-state index in [1.807, 2.05) is 16.7 Å². The number of amidine groups is 1. The van der Waals surface area contributed by atoms with Gasteiger partial charge in [0, 0.05) is 42.8 Å². The number of imidazole rings is 1. The Kier molecular flexibility index (Phi) is 11.2. The van der Waals surface area contributed by atoms with Gasteiger partial charge in [-0.3, -0.25) is 20.0 Å². The third-order valence-electron chi connectivity index (χ3n) is 8.51. The molecule has 1 amide bonds. The second kappa shape index (κ2) is 14.2. The number of carbonyl (C=O) groups is 2. The molecule has 1 atom stereocenters. The third kappa shape index (κ3) is 6.63. The van der Waals surface area contributed by atoms with Crippen LogP contribution in [-0.2, 0) is 20.9 Å². The van der Waals surface area contributed by atoms with Crippen LogP contribution in [0.2, 0.25) is 0 Å². The second-order valence-corrected chi connectivity index (χ2v) is 10.9. The molecular formula is C29H40Cl2N8O3. The van der Waals surface area contributed by atoms with Crippen molar-refractivity contribution in [2.75, 3.05) is 25.1 Å². The van der Waals surface area contributed by atoms with E-state index in [9.17, 15) is 9.59 Å². The first-order chi connectivity index (χ1) is 19.3. The minimum Gasteiger partial charge on any atom is -0.469 e. The predicted octanol–water partition coefficient (Wildman–Crippen LogP) is 3.47. The van der Waals surface area contributed by atoms with Crippen molar-refractivity contribution in [2.24, 2.45) is 16.9 Å². The van der Waals surface area contributed by atoms with Crippen LogP contribution in [0.4, 0.5) is 5.69 Å². The molecule has 1 saturated heterocycles. The van der Waals surface area contributed by atoms with Crippen molar-refractivity contribution in [3.8, 4) is 0 Å². The second-order valence-electron chi connectivity index (χ2n) is 10.9. The van der Waals surface area contributed by atoms with Gasteiger partial charge in [0.15, 0.2) is 0 Å². The number of methoxy groups -OCH3 is 1. The number of hydrogen-bond donors (Lipinski definition) is 4. The van der Waals surface area contributed by atoms with Crippen molar-refractivity contribution >= 4 is 59.2 Å². The number of piperidine rings is 1. The zero-order valence-corrected chi connectivity index (χ0v) is 25.4. The van der Waals surface area contributed by atoms with Crippen LogP contribution < -0.4 is 21.7 Å². The number of nitrogen functional groups attached to an aromatic ring is 1. The van der Waals surface area contributed by atoms with E-state index >= 15 is 0 Å².